The van der Waals surface area contributed by atoms with E-state index in [1.54, 1.807) is 62.5 Å². The van der Waals surface area contributed by atoms with E-state index in [4.69, 9.17) is 20.5 Å². The van der Waals surface area contributed by atoms with Crippen molar-refractivity contribution in [2.24, 2.45) is 5.73 Å². The molecule has 0 fully saturated rings. The summed E-state index contributed by atoms with van der Waals surface area (Å²) in [5.74, 6) is -1.27. The van der Waals surface area contributed by atoms with Crippen molar-refractivity contribution >= 4 is 29.9 Å². The molecule has 15 heteroatoms. The summed E-state index contributed by atoms with van der Waals surface area (Å²) < 4.78 is 11.9. The van der Waals surface area contributed by atoms with E-state index in [-0.39, 0.29) is 45.9 Å². The number of carbonyl (C=O) groups excluding carboxylic acids is 5. The first-order chi connectivity index (χ1) is 28.4. The molecule has 0 saturated heterocycles. The fraction of sp³-hybridized carbons (Fsp3) is 0.318. The van der Waals surface area contributed by atoms with Crippen LogP contribution in [0.4, 0.5) is 0 Å². The Morgan fingerprint density at radius 2 is 1.51 bits per heavy atom. The summed E-state index contributed by atoms with van der Waals surface area (Å²) in [5, 5.41) is 29.4. The van der Waals surface area contributed by atoms with Crippen LogP contribution in [0.2, 0.25) is 0 Å². The first-order valence-corrected chi connectivity index (χ1v) is 19.1. The molecule has 2 unspecified atom stereocenters. The lowest BCUT2D eigenvalue weighted by atomic mass is 9.94. The quantitative estimate of drug-likeness (QED) is 0.0530. The molecule has 0 aliphatic carbocycles. The van der Waals surface area contributed by atoms with Crippen molar-refractivity contribution in [3.8, 4) is 39.8 Å². The minimum absolute atomic E-state index is 0.0161. The Labute approximate surface area is 343 Å². The Morgan fingerprint density at radius 1 is 0.881 bits per heavy atom. The molecule has 0 heterocycles. The maximum Gasteiger partial charge on any atom is 0.251 e. The van der Waals surface area contributed by atoms with Gasteiger partial charge in [-0.2, -0.15) is 5.26 Å². The third-order valence-corrected chi connectivity index (χ3v) is 9.52. The second-order valence-electron chi connectivity index (χ2n) is 13.7. The summed E-state index contributed by atoms with van der Waals surface area (Å²) in [4.78, 5) is 66.3. The summed E-state index contributed by atoms with van der Waals surface area (Å²) >= 11 is 0. The van der Waals surface area contributed by atoms with Gasteiger partial charge in [0.05, 0.1) is 25.3 Å². The number of rotatable bonds is 21. The Hall–Kier alpha value is -6.60. The lowest BCUT2D eigenvalue weighted by Crippen LogP contribution is -2.52. The molecule has 310 valence electrons. The Bertz CT molecular complexity index is 2120. The highest BCUT2D eigenvalue weighted by atomic mass is 16.5. The zero-order valence-electron chi connectivity index (χ0n) is 33.6. The number of nitrogens with zero attached hydrogens (tertiary/aromatic N) is 2. The van der Waals surface area contributed by atoms with Gasteiger partial charge in [0.15, 0.2) is 0 Å². The molecule has 15 nitrogen and oxygen atoms in total. The highest BCUT2D eigenvalue weighted by Gasteiger charge is 2.26. The van der Waals surface area contributed by atoms with Crippen LogP contribution in [0, 0.1) is 18.3 Å². The number of hydrogen-bond donors (Lipinski definition) is 6. The number of aliphatic hydroxyl groups is 1. The number of aldehydes is 1. The van der Waals surface area contributed by atoms with E-state index in [0.717, 1.165) is 16.7 Å². The maximum absolute atomic E-state index is 13.4. The molecule has 0 bridgehead atoms. The van der Waals surface area contributed by atoms with Crippen LogP contribution < -0.4 is 36.5 Å². The molecule has 0 spiro atoms. The average Bonchev–Trinajstić information content (AvgIpc) is 3.26. The lowest BCUT2D eigenvalue weighted by Gasteiger charge is -2.26. The fourth-order valence-corrected chi connectivity index (χ4v) is 6.05. The predicted molar refractivity (Wildman–Crippen MR) is 222 cm³/mol. The number of ether oxygens (including phenoxy) is 2. The van der Waals surface area contributed by atoms with Crippen LogP contribution in [0.25, 0.3) is 22.3 Å². The van der Waals surface area contributed by atoms with E-state index < -0.39 is 41.8 Å². The third-order valence-electron chi connectivity index (χ3n) is 9.52. The van der Waals surface area contributed by atoms with Gasteiger partial charge in [-0.3, -0.25) is 19.2 Å². The number of nitrogens with two attached hydrogens (primary N) is 1. The van der Waals surface area contributed by atoms with Crippen molar-refractivity contribution in [3.05, 3.63) is 107 Å². The molecule has 59 heavy (non-hydrogen) atoms. The van der Waals surface area contributed by atoms with Gasteiger partial charge in [-0.05, 0) is 79.5 Å². The zero-order chi connectivity index (χ0) is 42.9. The minimum atomic E-state index is -1.09. The number of benzene rings is 4. The first kappa shape index (κ1) is 45.1. The van der Waals surface area contributed by atoms with Gasteiger partial charge in [0.1, 0.15) is 49.6 Å². The molecule has 0 radical (unpaired) electrons. The van der Waals surface area contributed by atoms with Crippen LogP contribution in [0.3, 0.4) is 0 Å². The van der Waals surface area contributed by atoms with E-state index in [9.17, 15) is 29.1 Å². The van der Waals surface area contributed by atoms with E-state index in [1.165, 1.54) is 11.9 Å². The van der Waals surface area contributed by atoms with E-state index in [0.29, 0.717) is 45.6 Å². The molecule has 4 aromatic carbocycles. The van der Waals surface area contributed by atoms with Crippen LogP contribution >= 0.6 is 0 Å². The van der Waals surface area contributed by atoms with Crippen molar-refractivity contribution in [3.63, 3.8) is 0 Å². The molecule has 0 aliphatic rings. The highest BCUT2D eigenvalue weighted by molar-refractivity contribution is 5.97. The average molecular weight is 806 g/mol. The number of aliphatic hydroxyl groups excluding tert-OH is 1. The molecule has 4 aromatic rings. The molecular formula is C44H51N7O8. The monoisotopic (exact) mass is 805 g/mol. The second-order valence-corrected chi connectivity index (χ2v) is 13.7. The molecule has 7 N–H and O–H groups in total. The predicted octanol–water partition coefficient (Wildman–Crippen LogP) is 2.44. The minimum Gasteiger partial charge on any atom is -0.492 e. The number of amides is 4. The van der Waals surface area contributed by atoms with Crippen LogP contribution in [0.15, 0.2) is 84.9 Å². The van der Waals surface area contributed by atoms with Gasteiger partial charge in [0.25, 0.3) is 5.91 Å². The molecular weight excluding hydrogens is 755 g/mol. The summed E-state index contributed by atoms with van der Waals surface area (Å²) in [6.07, 6.45) is 0.629. The standard InChI is InChI=1S/C44H51N7O8/c1-28-5-8-31(9-6-28)32-10-12-33(13-11-32)43(56)49-26-41(54)51(4)38(27-53)34-14-16-40(58-21-18-46)36(25-34)35-23-30(7-15-39(35)59-22-20-52)24-37(44(57)48-19-17-45)50-42(55)29(2)47-3/h5-16,23,25,27,29,37-38,47,52H,18-22,24,26,46H2,1-4H3,(H,48,57)(H,49,56)(H,50,55)/t29-,37?,38?/m0/s1. The number of hydrogen-bond acceptors (Lipinski definition) is 11. The van der Waals surface area contributed by atoms with Crippen molar-refractivity contribution in [1.29, 1.82) is 5.26 Å². The number of carbonyl (C=O) groups is 5. The lowest BCUT2D eigenvalue weighted by molar-refractivity contribution is -0.134. The van der Waals surface area contributed by atoms with Crippen LogP contribution in [0.1, 0.15) is 40.0 Å². The van der Waals surface area contributed by atoms with Gasteiger partial charge in [0, 0.05) is 36.7 Å². The number of nitriles is 1. The van der Waals surface area contributed by atoms with Crippen LogP contribution in [0.5, 0.6) is 11.5 Å². The molecule has 4 rings (SSSR count). The summed E-state index contributed by atoms with van der Waals surface area (Å²) in [5.41, 5.74) is 11.1. The molecule has 3 atom stereocenters. The summed E-state index contributed by atoms with van der Waals surface area (Å²) in [6, 6.07) is 24.2. The first-order valence-electron chi connectivity index (χ1n) is 19.1. The summed E-state index contributed by atoms with van der Waals surface area (Å²) in [6.45, 7) is 3.00. The number of nitrogens with one attached hydrogen (secondary N) is 4. The van der Waals surface area contributed by atoms with E-state index >= 15 is 0 Å². The van der Waals surface area contributed by atoms with Crippen molar-refractivity contribution in [1.82, 2.24) is 26.2 Å². The van der Waals surface area contributed by atoms with Crippen molar-refractivity contribution in [2.45, 2.75) is 38.4 Å². The van der Waals surface area contributed by atoms with Gasteiger partial charge in [-0.15, -0.1) is 0 Å². The fourth-order valence-electron chi connectivity index (χ4n) is 6.05. The number of aryl methyl sites for hydroxylation is 1. The zero-order valence-corrected chi connectivity index (χ0v) is 33.6. The Kier molecular flexibility index (Phi) is 17.1. The maximum atomic E-state index is 13.4. The second kappa shape index (κ2) is 22.4. The molecule has 0 aromatic heterocycles. The third kappa shape index (κ3) is 12.4. The van der Waals surface area contributed by atoms with Gasteiger partial charge in [-0.1, -0.05) is 54.1 Å². The topological polar surface area (TPSA) is 225 Å². The molecule has 0 aliphatic heterocycles. The van der Waals surface area contributed by atoms with E-state index in [1.807, 2.05) is 49.4 Å². The van der Waals surface area contributed by atoms with Crippen molar-refractivity contribution < 1.29 is 38.6 Å². The largest absolute Gasteiger partial charge is 0.492 e. The van der Waals surface area contributed by atoms with Gasteiger partial charge >= 0.3 is 0 Å². The Balaban J connectivity index is 1.62. The summed E-state index contributed by atoms with van der Waals surface area (Å²) in [7, 11) is 3.07. The highest BCUT2D eigenvalue weighted by Crippen LogP contribution is 2.39. The van der Waals surface area contributed by atoms with Gasteiger partial charge in [0.2, 0.25) is 17.7 Å². The Morgan fingerprint density at radius 3 is 2.12 bits per heavy atom. The SMILES string of the molecule is CN[C@@H](C)C(=O)NC(Cc1ccc(OCCO)c(-c2cc(C(C=O)N(C)C(=O)CNC(=O)c3ccc(-c4ccc(C)cc4)cc3)ccc2OCCN)c1)C(=O)NCC#N. The van der Waals surface area contributed by atoms with Crippen LogP contribution in [-0.2, 0) is 25.6 Å². The van der Waals surface area contributed by atoms with E-state index in [2.05, 4.69) is 21.3 Å². The van der Waals surface area contributed by atoms with Crippen LogP contribution in [-0.4, -0.2) is 106 Å². The van der Waals surface area contributed by atoms with Gasteiger partial charge < -0.3 is 51.3 Å². The van der Waals surface area contributed by atoms with Crippen molar-refractivity contribution in [2.75, 3.05) is 53.6 Å². The van der Waals surface area contributed by atoms with Gasteiger partial charge in [-0.25, -0.2) is 0 Å². The normalized spacial score (nSPS) is 12.2. The number of likely N-dealkylation sites (N-methyl/N-ethyl adjacent to an activating group) is 2. The molecule has 0 saturated carbocycles. The molecule has 4 amide bonds. The smallest absolute Gasteiger partial charge is 0.251 e.